The Balaban J connectivity index is 1.61. The fourth-order valence-electron chi connectivity index (χ4n) is 3.74. The fraction of sp³-hybridized carbons (Fsp3) is 0.273. The molecule has 0 unspecified atom stereocenters. The van der Waals surface area contributed by atoms with Crippen molar-refractivity contribution in [3.05, 3.63) is 70.4 Å². The Labute approximate surface area is 182 Å². The van der Waals surface area contributed by atoms with Gasteiger partial charge >= 0.3 is 15.5 Å². The maximum Gasteiger partial charge on any atom is 0.516 e. The standard InChI is InChI=1S/C22H20F3NO3S2/c1-21(13-17-5-4-10-30-17)12-16-9-8-15(11-20(16)29-14-21)18-6-2-3-7-19(18)26-31(27,28)22(23,24)25/h2-11,26H,12-14H2,1H3/t21-/m0/s1. The van der Waals surface area contributed by atoms with Crippen LogP contribution in [0, 0.1) is 5.41 Å². The SMILES string of the molecule is C[C@]1(Cc2cccs2)COc2cc(-c3ccccc3NS(=O)(=O)C(F)(F)F)ccc2C1. The fourth-order valence-corrected chi connectivity index (χ4v) is 5.24. The summed E-state index contributed by atoms with van der Waals surface area (Å²) < 4.78 is 69.3. The molecule has 31 heavy (non-hydrogen) atoms. The Hall–Kier alpha value is -2.52. The van der Waals surface area contributed by atoms with Crippen LogP contribution in [0.15, 0.2) is 60.0 Å². The van der Waals surface area contributed by atoms with Gasteiger partial charge in [-0.2, -0.15) is 21.6 Å². The van der Waals surface area contributed by atoms with Crippen LogP contribution in [0.5, 0.6) is 5.75 Å². The summed E-state index contributed by atoms with van der Waals surface area (Å²) in [6.45, 7) is 2.69. The molecule has 0 bridgehead atoms. The smallest absolute Gasteiger partial charge is 0.493 e. The first kappa shape index (κ1) is 21.7. The number of halogens is 3. The summed E-state index contributed by atoms with van der Waals surface area (Å²) in [5.74, 6) is 0.662. The zero-order valence-electron chi connectivity index (χ0n) is 16.6. The minimum Gasteiger partial charge on any atom is -0.493 e. The molecule has 2 aromatic carbocycles. The number of rotatable bonds is 5. The van der Waals surface area contributed by atoms with Gasteiger partial charge in [0.05, 0.1) is 12.3 Å². The van der Waals surface area contributed by atoms with Crippen LogP contribution in [0.3, 0.4) is 0 Å². The third kappa shape index (κ3) is 4.57. The van der Waals surface area contributed by atoms with Gasteiger partial charge in [0.2, 0.25) is 0 Å². The molecule has 0 aliphatic carbocycles. The molecular weight excluding hydrogens is 447 g/mol. The van der Waals surface area contributed by atoms with Gasteiger partial charge in [0, 0.05) is 15.9 Å². The van der Waals surface area contributed by atoms with E-state index in [1.165, 1.54) is 17.0 Å². The molecule has 0 saturated heterocycles. The Morgan fingerprint density at radius 1 is 1.13 bits per heavy atom. The second-order valence-corrected chi connectivity index (χ2v) is 10.7. The third-order valence-corrected chi connectivity index (χ3v) is 7.20. The van der Waals surface area contributed by atoms with Crippen LogP contribution < -0.4 is 9.46 Å². The summed E-state index contributed by atoms with van der Waals surface area (Å²) in [7, 11) is -5.52. The first-order chi connectivity index (χ1) is 14.6. The van der Waals surface area contributed by atoms with Crippen molar-refractivity contribution in [1.82, 2.24) is 0 Å². The van der Waals surface area contributed by atoms with E-state index in [0.717, 1.165) is 18.4 Å². The summed E-state index contributed by atoms with van der Waals surface area (Å²) in [5, 5.41) is 2.05. The number of fused-ring (bicyclic) bond motifs is 1. The molecule has 9 heteroatoms. The molecular formula is C22H20F3NO3S2. The van der Waals surface area contributed by atoms with E-state index in [4.69, 9.17) is 4.74 Å². The topological polar surface area (TPSA) is 55.4 Å². The van der Waals surface area contributed by atoms with Crippen molar-refractivity contribution in [3.8, 4) is 16.9 Å². The molecule has 0 radical (unpaired) electrons. The number of anilines is 1. The van der Waals surface area contributed by atoms with Crippen LogP contribution in [0.4, 0.5) is 18.9 Å². The van der Waals surface area contributed by atoms with Crippen LogP contribution in [-0.4, -0.2) is 20.5 Å². The monoisotopic (exact) mass is 467 g/mol. The first-order valence-electron chi connectivity index (χ1n) is 9.53. The van der Waals surface area contributed by atoms with Gasteiger partial charge in [0.15, 0.2) is 0 Å². The highest BCUT2D eigenvalue weighted by Gasteiger charge is 2.46. The van der Waals surface area contributed by atoms with E-state index in [2.05, 4.69) is 13.0 Å². The summed E-state index contributed by atoms with van der Waals surface area (Å²) in [4.78, 5) is 1.29. The summed E-state index contributed by atoms with van der Waals surface area (Å²) in [5.41, 5.74) is -3.67. The van der Waals surface area contributed by atoms with Gasteiger partial charge in [-0.05, 0) is 47.5 Å². The minimum atomic E-state index is -5.52. The lowest BCUT2D eigenvalue weighted by Gasteiger charge is -2.35. The predicted molar refractivity (Wildman–Crippen MR) is 116 cm³/mol. The number of alkyl halides is 3. The molecule has 4 nitrogen and oxygen atoms in total. The third-order valence-electron chi connectivity index (χ3n) is 5.23. The molecule has 1 aliphatic rings. The Bertz CT molecular complexity index is 1190. The zero-order valence-corrected chi connectivity index (χ0v) is 18.2. The van der Waals surface area contributed by atoms with E-state index < -0.39 is 15.5 Å². The number of hydrogen-bond donors (Lipinski definition) is 1. The molecule has 0 spiro atoms. The van der Waals surface area contributed by atoms with E-state index >= 15 is 0 Å². The molecule has 164 valence electrons. The van der Waals surface area contributed by atoms with Gasteiger partial charge in [0.1, 0.15) is 5.75 Å². The Kier molecular flexibility index (Phi) is 5.51. The molecule has 1 aliphatic heterocycles. The highest BCUT2D eigenvalue weighted by atomic mass is 32.2. The van der Waals surface area contributed by atoms with E-state index in [9.17, 15) is 21.6 Å². The lowest BCUT2D eigenvalue weighted by atomic mass is 9.79. The number of benzene rings is 2. The number of ether oxygens (including phenoxy) is 1. The maximum atomic E-state index is 12.8. The average molecular weight is 468 g/mol. The van der Waals surface area contributed by atoms with E-state index in [-0.39, 0.29) is 11.1 Å². The van der Waals surface area contributed by atoms with E-state index in [1.807, 2.05) is 17.5 Å². The highest BCUT2D eigenvalue weighted by Crippen LogP contribution is 2.40. The molecule has 3 aromatic rings. The van der Waals surface area contributed by atoms with Gasteiger partial charge < -0.3 is 4.74 Å². The number of nitrogens with one attached hydrogen (secondary N) is 1. The molecule has 0 amide bonds. The Morgan fingerprint density at radius 2 is 1.90 bits per heavy atom. The zero-order chi connectivity index (χ0) is 22.3. The highest BCUT2D eigenvalue weighted by molar-refractivity contribution is 7.93. The quantitative estimate of drug-likeness (QED) is 0.511. The summed E-state index contributed by atoms with van der Waals surface area (Å²) in [6, 6.07) is 15.5. The van der Waals surface area contributed by atoms with Crippen molar-refractivity contribution in [2.24, 2.45) is 5.41 Å². The lowest BCUT2D eigenvalue weighted by Crippen LogP contribution is -2.33. The van der Waals surface area contributed by atoms with Crippen molar-refractivity contribution in [3.63, 3.8) is 0 Å². The summed E-state index contributed by atoms with van der Waals surface area (Å²) >= 11 is 1.71. The van der Waals surface area contributed by atoms with Crippen LogP contribution in [0.25, 0.3) is 11.1 Å². The minimum absolute atomic E-state index is 0.0559. The Morgan fingerprint density at radius 3 is 2.61 bits per heavy atom. The molecule has 4 rings (SSSR count). The lowest BCUT2D eigenvalue weighted by molar-refractivity contribution is -0.0429. The molecule has 1 aromatic heterocycles. The van der Waals surface area contributed by atoms with Crippen molar-refractivity contribution in [2.75, 3.05) is 11.3 Å². The van der Waals surface area contributed by atoms with Crippen molar-refractivity contribution in [1.29, 1.82) is 0 Å². The number of thiophene rings is 1. The van der Waals surface area contributed by atoms with Gasteiger partial charge in [0.25, 0.3) is 0 Å². The van der Waals surface area contributed by atoms with E-state index in [0.29, 0.717) is 23.5 Å². The van der Waals surface area contributed by atoms with Gasteiger partial charge in [-0.15, -0.1) is 11.3 Å². The predicted octanol–water partition coefficient (Wildman–Crippen LogP) is 5.86. The molecule has 0 saturated carbocycles. The van der Waals surface area contributed by atoms with Crippen molar-refractivity contribution in [2.45, 2.75) is 25.3 Å². The van der Waals surface area contributed by atoms with Crippen LogP contribution in [0.1, 0.15) is 17.4 Å². The van der Waals surface area contributed by atoms with Gasteiger partial charge in [-0.25, -0.2) is 0 Å². The largest absolute Gasteiger partial charge is 0.516 e. The molecule has 0 fully saturated rings. The van der Waals surface area contributed by atoms with Crippen LogP contribution in [0.2, 0.25) is 0 Å². The average Bonchev–Trinajstić information content (AvgIpc) is 3.19. The molecule has 2 heterocycles. The number of para-hydroxylation sites is 1. The van der Waals surface area contributed by atoms with Crippen molar-refractivity contribution >= 4 is 27.0 Å². The number of sulfonamides is 1. The second-order valence-electron chi connectivity index (χ2n) is 7.95. The van der Waals surface area contributed by atoms with Crippen LogP contribution >= 0.6 is 11.3 Å². The van der Waals surface area contributed by atoms with Crippen LogP contribution in [-0.2, 0) is 22.9 Å². The van der Waals surface area contributed by atoms with Gasteiger partial charge in [-0.1, -0.05) is 43.3 Å². The maximum absolute atomic E-state index is 12.8. The van der Waals surface area contributed by atoms with Crippen molar-refractivity contribution < 1.29 is 26.3 Å². The van der Waals surface area contributed by atoms with E-state index in [1.54, 1.807) is 40.3 Å². The second kappa shape index (κ2) is 7.87. The molecule has 1 atom stereocenters. The summed E-state index contributed by atoms with van der Waals surface area (Å²) in [6.07, 6.45) is 1.71. The first-order valence-corrected chi connectivity index (χ1v) is 11.9. The number of hydrogen-bond acceptors (Lipinski definition) is 4. The molecule has 1 N–H and O–H groups in total. The van der Waals surface area contributed by atoms with Gasteiger partial charge in [-0.3, -0.25) is 4.72 Å². The normalized spacial score (nSPS) is 18.8.